The van der Waals surface area contributed by atoms with Gasteiger partial charge in [0.1, 0.15) is 0 Å². The summed E-state index contributed by atoms with van der Waals surface area (Å²) in [4.78, 5) is 14.9. The Labute approximate surface area is 137 Å². The van der Waals surface area contributed by atoms with Crippen LogP contribution in [0.1, 0.15) is 49.7 Å². The minimum atomic E-state index is 0.238. The van der Waals surface area contributed by atoms with Crippen molar-refractivity contribution in [1.29, 1.82) is 0 Å². The summed E-state index contributed by atoms with van der Waals surface area (Å²) >= 11 is 0. The lowest BCUT2D eigenvalue weighted by atomic mass is 9.93. The second-order valence-corrected chi connectivity index (χ2v) is 6.47. The van der Waals surface area contributed by atoms with E-state index in [2.05, 4.69) is 10.00 Å². The molecule has 2 aromatic heterocycles. The topological polar surface area (TPSA) is 51.3 Å². The van der Waals surface area contributed by atoms with Gasteiger partial charge in [0.05, 0.1) is 18.7 Å². The van der Waals surface area contributed by atoms with E-state index in [0.29, 0.717) is 19.0 Å². The highest BCUT2D eigenvalue weighted by atomic mass is 16.3. The number of amides is 1. The van der Waals surface area contributed by atoms with E-state index in [1.165, 1.54) is 19.3 Å². The summed E-state index contributed by atoms with van der Waals surface area (Å²) in [5, 5.41) is 4.17. The zero-order valence-corrected chi connectivity index (χ0v) is 13.8. The molecule has 0 radical (unpaired) electrons. The highest BCUT2D eigenvalue weighted by molar-refractivity contribution is 5.76. The van der Waals surface area contributed by atoms with Crippen molar-refractivity contribution >= 4 is 5.91 Å². The van der Waals surface area contributed by atoms with Crippen molar-refractivity contribution in [2.45, 2.75) is 57.5 Å². The van der Waals surface area contributed by atoms with Crippen molar-refractivity contribution in [3.8, 4) is 0 Å². The quantitative estimate of drug-likeness (QED) is 0.822. The van der Waals surface area contributed by atoms with E-state index in [1.807, 2.05) is 25.5 Å². The van der Waals surface area contributed by atoms with Crippen molar-refractivity contribution < 1.29 is 9.21 Å². The standard InChI is InChI=1S/C18H25N3O2/c1-20-12-15(11-19-20)7-8-18(22)21(13-16-9-10-23-14-16)17-5-3-2-4-6-17/h9-12,14,17H,2-8,13H2,1H3. The first kappa shape index (κ1) is 15.8. The van der Waals surface area contributed by atoms with E-state index < -0.39 is 0 Å². The lowest BCUT2D eigenvalue weighted by Crippen LogP contribution is -2.41. The van der Waals surface area contributed by atoms with Crippen molar-refractivity contribution in [1.82, 2.24) is 14.7 Å². The summed E-state index contributed by atoms with van der Waals surface area (Å²) in [6.07, 6.45) is 14.5. The van der Waals surface area contributed by atoms with E-state index in [9.17, 15) is 4.79 Å². The Morgan fingerprint density at radius 1 is 1.35 bits per heavy atom. The van der Waals surface area contributed by atoms with Gasteiger partial charge in [0.2, 0.25) is 5.91 Å². The molecule has 1 aliphatic rings. The van der Waals surface area contributed by atoms with Gasteiger partial charge >= 0.3 is 0 Å². The fraction of sp³-hybridized carbons (Fsp3) is 0.556. The first-order chi connectivity index (χ1) is 11.2. The zero-order valence-electron chi connectivity index (χ0n) is 13.8. The number of carbonyl (C=O) groups is 1. The summed E-state index contributed by atoms with van der Waals surface area (Å²) in [5.74, 6) is 0.238. The Kier molecular flexibility index (Phi) is 5.16. The molecule has 0 N–H and O–H groups in total. The number of rotatable bonds is 6. The van der Waals surface area contributed by atoms with Crippen molar-refractivity contribution in [2.75, 3.05) is 0 Å². The van der Waals surface area contributed by atoms with Crippen LogP contribution in [0.2, 0.25) is 0 Å². The van der Waals surface area contributed by atoms with E-state index in [1.54, 1.807) is 17.2 Å². The molecule has 0 spiro atoms. The molecule has 1 fully saturated rings. The van der Waals surface area contributed by atoms with Crippen LogP contribution in [-0.4, -0.2) is 26.6 Å². The van der Waals surface area contributed by atoms with Crippen LogP contribution >= 0.6 is 0 Å². The zero-order chi connectivity index (χ0) is 16.1. The van der Waals surface area contributed by atoms with Crippen LogP contribution in [0.15, 0.2) is 35.4 Å². The van der Waals surface area contributed by atoms with Crippen LogP contribution in [0.25, 0.3) is 0 Å². The summed E-state index contributed by atoms with van der Waals surface area (Å²) < 4.78 is 6.95. The number of furan rings is 1. The normalized spacial score (nSPS) is 15.7. The molecular weight excluding hydrogens is 290 g/mol. The van der Waals surface area contributed by atoms with Crippen molar-refractivity contribution in [2.24, 2.45) is 7.05 Å². The average Bonchev–Trinajstić information content (AvgIpc) is 3.23. The molecule has 124 valence electrons. The Bertz CT molecular complexity index is 612. The summed E-state index contributed by atoms with van der Waals surface area (Å²) in [6, 6.07) is 2.32. The van der Waals surface area contributed by atoms with Gasteiger partial charge in [-0.3, -0.25) is 9.48 Å². The maximum absolute atomic E-state index is 12.8. The third kappa shape index (κ3) is 4.24. The SMILES string of the molecule is Cn1cc(CCC(=O)N(Cc2ccoc2)C2CCCCC2)cn1. The number of nitrogens with zero attached hydrogens (tertiary/aromatic N) is 3. The van der Waals surface area contributed by atoms with Gasteiger partial charge in [-0.25, -0.2) is 0 Å². The smallest absolute Gasteiger partial charge is 0.223 e. The van der Waals surface area contributed by atoms with Crippen molar-refractivity contribution in [3.63, 3.8) is 0 Å². The third-order valence-corrected chi connectivity index (χ3v) is 4.65. The maximum Gasteiger partial charge on any atom is 0.223 e. The number of aryl methyl sites for hydroxylation is 2. The van der Waals surface area contributed by atoms with Gasteiger partial charge in [-0.1, -0.05) is 19.3 Å². The predicted octanol–water partition coefficient (Wildman–Crippen LogP) is 3.31. The largest absolute Gasteiger partial charge is 0.472 e. The lowest BCUT2D eigenvalue weighted by Gasteiger charge is -2.34. The lowest BCUT2D eigenvalue weighted by molar-refractivity contribution is -0.135. The molecule has 2 heterocycles. The fourth-order valence-corrected chi connectivity index (χ4v) is 3.39. The molecule has 0 bridgehead atoms. The fourth-order valence-electron chi connectivity index (χ4n) is 3.39. The second-order valence-electron chi connectivity index (χ2n) is 6.47. The van der Waals surface area contributed by atoms with Crippen LogP contribution in [0, 0.1) is 0 Å². The van der Waals surface area contributed by atoms with E-state index >= 15 is 0 Å². The molecule has 1 aliphatic carbocycles. The van der Waals surface area contributed by atoms with Crippen LogP contribution in [-0.2, 0) is 24.8 Å². The third-order valence-electron chi connectivity index (χ3n) is 4.65. The molecule has 1 saturated carbocycles. The van der Waals surface area contributed by atoms with Crippen LogP contribution in [0.3, 0.4) is 0 Å². The molecule has 0 aliphatic heterocycles. The Balaban J connectivity index is 1.64. The Morgan fingerprint density at radius 3 is 2.83 bits per heavy atom. The maximum atomic E-state index is 12.8. The summed E-state index contributed by atoms with van der Waals surface area (Å²) in [7, 11) is 1.90. The van der Waals surface area contributed by atoms with Gasteiger partial charge in [0, 0.05) is 37.8 Å². The molecule has 2 aromatic rings. The monoisotopic (exact) mass is 315 g/mol. The molecule has 5 heteroatoms. The molecule has 0 saturated heterocycles. The number of hydrogen-bond donors (Lipinski definition) is 0. The highest BCUT2D eigenvalue weighted by Gasteiger charge is 2.25. The molecule has 0 unspecified atom stereocenters. The van der Waals surface area contributed by atoms with Crippen molar-refractivity contribution in [3.05, 3.63) is 42.1 Å². The molecule has 5 nitrogen and oxygen atoms in total. The van der Waals surface area contributed by atoms with Crippen LogP contribution < -0.4 is 0 Å². The summed E-state index contributed by atoms with van der Waals surface area (Å²) in [6.45, 7) is 0.660. The van der Waals surface area contributed by atoms with Gasteiger partial charge in [0.25, 0.3) is 0 Å². The molecule has 1 amide bonds. The number of hydrogen-bond acceptors (Lipinski definition) is 3. The minimum absolute atomic E-state index is 0.238. The number of carbonyl (C=O) groups excluding carboxylic acids is 1. The van der Waals surface area contributed by atoms with Crippen LogP contribution in [0.4, 0.5) is 0 Å². The molecular formula is C18H25N3O2. The summed E-state index contributed by atoms with van der Waals surface area (Å²) in [5.41, 5.74) is 2.19. The van der Waals surface area contributed by atoms with Crippen LogP contribution in [0.5, 0.6) is 0 Å². The van der Waals surface area contributed by atoms with Gasteiger partial charge in [-0.15, -0.1) is 0 Å². The van der Waals surface area contributed by atoms with E-state index in [4.69, 9.17) is 4.42 Å². The first-order valence-electron chi connectivity index (χ1n) is 8.50. The minimum Gasteiger partial charge on any atom is -0.472 e. The predicted molar refractivity (Wildman–Crippen MR) is 87.7 cm³/mol. The van der Waals surface area contributed by atoms with Gasteiger partial charge in [-0.05, 0) is 30.9 Å². The van der Waals surface area contributed by atoms with E-state index in [0.717, 1.165) is 30.4 Å². The van der Waals surface area contributed by atoms with Gasteiger partial charge in [-0.2, -0.15) is 5.10 Å². The van der Waals surface area contributed by atoms with Gasteiger partial charge in [0.15, 0.2) is 0 Å². The second kappa shape index (κ2) is 7.49. The Morgan fingerprint density at radius 2 is 2.17 bits per heavy atom. The average molecular weight is 315 g/mol. The Hall–Kier alpha value is -2.04. The van der Waals surface area contributed by atoms with Gasteiger partial charge < -0.3 is 9.32 Å². The molecule has 0 aromatic carbocycles. The first-order valence-corrected chi connectivity index (χ1v) is 8.50. The number of aromatic nitrogens is 2. The van der Waals surface area contributed by atoms with E-state index in [-0.39, 0.29) is 5.91 Å². The molecule has 0 atom stereocenters. The molecule has 23 heavy (non-hydrogen) atoms. The highest BCUT2D eigenvalue weighted by Crippen LogP contribution is 2.25. The molecule has 3 rings (SSSR count).